The molecule has 1 saturated carbocycles. The van der Waals surface area contributed by atoms with E-state index >= 15 is 0 Å². The average Bonchev–Trinajstić information content (AvgIpc) is 3.42. The lowest BCUT2D eigenvalue weighted by atomic mass is 10.2. The van der Waals surface area contributed by atoms with Gasteiger partial charge in [-0.15, -0.1) is 24.0 Å². The van der Waals surface area contributed by atoms with Crippen LogP contribution in [0.2, 0.25) is 0 Å². The Bertz CT molecular complexity index is 549. The van der Waals surface area contributed by atoms with E-state index in [9.17, 15) is 0 Å². The Labute approximate surface area is 162 Å². The molecule has 1 unspecified atom stereocenters. The summed E-state index contributed by atoms with van der Waals surface area (Å²) < 4.78 is 10.6. The van der Waals surface area contributed by atoms with Crippen LogP contribution in [0.25, 0.3) is 0 Å². The van der Waals surface area contributed by atoms with Gasteiger partial charge < -0.3 is 20.1 Å². The molecule has 0 amide bonds. The summed E-state index contributed by atoms with van der Waals surface area (Å²) in [7, 11) is 7.22. The van der Waals surface area contributed by atoms with Crippen molar-refractivity contribution in [2.24, 2.45) is 4.99 Å². The van der Waals surface area contributed by atoms with E-state index in [2.05, 4.69) is 34.5 Å². The zero-order valence-electron chi connectivity index (χ0n) is 15.1. The summed E-state index contributed by atoms with van der Waals surface area (Å²) in [6, 6.07) is 6.93. The number of halogens is 1. The quantitative estimate of drug-likeness (QED) is 0.382. The van der Waals surface area contributed by atoms with Gasteiger partial charge in [0.15, 0.2) is 17.5 Å². The minimum Gasteiger partial charge on any atom is -0.493 e. The Balaban J connectivity index is 0.00000288. The molecule has 6 nitrogen and oxygen atoms in total. The fourth-order valence-electron chi connectivity index (χ4n) is 2.46. The van der Waals surface area contributed by atoms with Crippen molar-refractivity contribution in [2.45, 2.75) is 31.8 Å². The first-order chi connectivity index (χ1) is 11.1. The lowest BCUT2D eigenvalue weighted by molar-refractivity contribution is 0.248. The third-order valence-corrected chi connectivity index (χ3v) is 4.25. The molecule has 0 aromatic heterocycles. The van der Waals surface area contributed by atoms with E-state index in [1.165, 1.54) is 12.8 Å². The number of hydrogen-bond acceptors (Lipinski definition) is 4. The molecule has 1 aliphatic rings. The number of methoxy groups -OCH3 is 2. The van der Waals surface area contributed by atoms with Crippen LogP contribution < -0.4 is 20.1 Å². The van der Waals surface area contributed by atoms with Gasteiger partial charge in [0.2, 0.25) is 0 Å². The number of likely N-dealkylation sites (N-methyl/N-ethyl adjacent to an activating group) is 1. The number of anilines is 1. The third kappa shape index (κ3) is 5.70. The monoisotopic (exact) mass is 448 g/mol. The summed E-state index contributed by atoms with van der Waals surface area (Å²) in [6.45, 7) is 3.08. The predicted molar refractivity (Wildman–Crippen MR) is 110 cm³/mol. The van der Waals surface area contributed by atoms with Crippen molar-refractivity contribution < 1.29 is 9.47 Å². The van der Waals surface area contributed by atoms with Crippen LogP contribution >= 0.6 is 24.0 Å². The number of ether oxygens (including phenoxy) is 2. The second kappa shape index (κ2) is 9.93. The smallest absolute Gasteiger partial charge is 0.195 e. The lowest BCUT2D eigenvalue weighted by Crippen LogP contribution is -2.43. The molecule has 2 rings (SSSR count). The number of hydrogen-bond donors (Lipinski definition) is 2. The molecule has 1 aromatic carbocycles. The van der Waals surface area contributed by atoms with Gasteiger partial charge in [-0.1, -0.05) is 0 Å². The van der Waals surface area contributed by atoms with E-state index in [-0.39, 0.29) is 24.0 Å². The molecule has 0 aliphatic heterocycles. The van der Waals surface area contributed by atoms with Crippen LogP contribution in [0.3, 0.4) is 0 Å². The van der Waals surface area contributed by atoms with E-state index in [4.69, 9.17) is 9.47 Å². The zero-order chi connectivity index (χ0) is 16.8. The maximum absolute atomic E-state index is 5.32. The van der Waals surface area contributed by atoms with Crippen molar-refractivity contribution in [2.75, 3.05) is 40.2 Å². The molecule has 7 heteroatoms. The maximum atomic E-state index is 5.32. The molecule has 24 heavy (non-hydrogen) atoms. The van der Waals surface area contributed by atoms with Gasteiger partial charge in [-0.2, -0.15) is 0 Å². The number of nitrogens with one attached hydrogen (secondary N) is 2. The highest BCUT2D eigenvalue weighted by molar-refractivity contribution is 14.0. The molecule has 1 atom stereocenters. The standard InChI is InChI=1S/C17H28N4O2.HI/c1-12(21(3)14-7-8-14)11-19-17(18-2)20-13-6-9-15(22-4)16(10-13)23-5;/h6,9-10,12,14H,7-8,11H2,1-5H3,(H2,18,19,20);1H. The van der Waals surface area contributed by atoms with Crippen LogP contribution in [0.5, 0.6) is 11.5 Å². The first-order valence-electron chi connectivity index (χ1n) is 8.00. The van der Waals surface area contributed by atoms with Gasteiger partial charge in [-0.3, -0.25) is 9.89 Å². The van der Waals surface area contributed by atoms with E-state index < -0.39 is 0 Å². The second-order valence-electron chi connectivity index (χ2n) is 5.89. The molecule has 1 fully saturated rings. The molecule has 1 aliphatic carbocycles. The highest BCUT2D eigenvalue weighted by atomic mass is 127. The SMILES string of the molecule is CN=C(NCC(C)N(C)C1CC1)Nc1ccc(OC)c(OC)c1.I. The summed E-state index contributed by atoms with van der Waals surface area (Å²) in [6.07, 6.45) is 2.64. The largest absolute Gasteiger partial charge is 0.493 e. The Morgan fingerprint density at radius 3 is 2.50 bits per heavy atom. The summed E-state index contributed by atoms with van der Waals surface area (Å²) in [5.41, 5.74) is 0.902. The van der Waals surface area contributed by atoms with Gasteiger partial charge in [-0.05, 0) is 38.9 Å². The topological polar surface area (TPSA) is 58.1 Å². The molecule has 1 aromatic rings. The highest BCUT2D eigenvalue weighted by Crippen LogP contribution is 2.29. The molecule has 0 bridgehead atoms. The maximum Gasteiger partial charge on any atom is 0.195 e. The van der Waals surface area contributed by atoms with Gasteiger partial charge in [-0.25, -0.2) is 0 Å². The van der Waals surface area contributed by atoms with E-state index in [1.54, 1.807) is 21.3 Å². The molecular weight excluding hydrogens is 419 g/mol. The molecule has 0 radical (unpaired) electrons. The fraction of sp³-hybridized carbons (Fsp3) is 0.588. The van der Waals surface area contributed by atoms with E-state index in [0.717, 1.165) is 24.2 Å². The Hall–Kier alpha value is -1.22. The van der Waals surface area contributed by atoms with Crippen LogP contribution in [0, 0.1) is 0 Å². The molecule has 0 heterocycles. The zero-order valence-corrected chi connectivity index (χ0v) is 17.5. The van der Waals surface area contributed by atoms with Crippen molar-refractivity contribution in [3.63, 3.8) is 0 Å². The van der Waals surface area contributed by atoms with Crippen molar-refractivity contribution in [3.05, 3.63) is 18.2 Å². The van der Waals surface area contributed by atoms with E-state index in [0.29, 0.717) is 17.5 Å². The first kappa shape index (κ1) is 20.8. The summed E-state index contributed by atoms with van der Waals surface area (Å²) >= 11 is 0. The van der Waals surface area contributed by atoms with Gasteiger partial charge in [0.05, 0.1) is 14.2 Å². The number of nitrogens with zero attached hydrogens (tertiary/aromatic N) is 2. The van der Waals surface area contributed by atoms with Crippen molar-refractivity contribution in [1.82, 2.24) is 10.2 Å². The van der Waals surface area contributed by atoms with Crippen LogP contribution in [-0.2, 0) is 0 Å². The Morgan fingerprint density at radius 2 is 1.96 bits per heavy atom. The summed E-state index contributed by atoms with van der Waals surface area (Å²) in [4.78, 5) is 6.70. The van der Waals surface area contributed by atoms with Gasteiger partial charge in [0.25, 0.3) is 0 Å². The third-order valence-electron chi connectivity index (χ3n) is 4.25. The Kier molecular flexibility index (Phi) is 8.61. The lowest BCUT2D eigenvalue weighted by Gasteiger charge is -2.25. The molecule has 2 N–H and O–H groups in total. The number of guanidine groups is 1. The Morgan fingerprint density at radius 1 is 1.29 bits per heavy atom. The van der Waals surface area contributed by atoms with Gasteiger partial charge >= 0.3 is 0 Å². The minimum absolute atomic E-state index is 0. The van der Waals surface area contributed by atoms with E-state index in [1.807, 2.05) is 18.2 Å². The fourth-order valence-corrected chi connectivity index (χ4v) is 2.46. The molecule has 0 saturated heterocycles. The van der Waals surface area contributed by atoms with Crippen LogP contribution in [0.4, 0.5) is 5.69 Å². The first-order valence-corrected chi connectivity index (χ1v) is 8.00. The van der Waals surface area contributed by atoms with Crippen molar-refractivity contribution >= 4 is 35.6 Å². The number of rotatable bonds is 7. The number of benzene rings is 1. The average molecular weight is 448 g/mol. The van der Waals surface area contributed by atoms with Crippen LogP contribution in [0.1, 0.15) is 19.8 Å². The normalized spacial score (nSPS) is 15.5. The summed E-state index contributed by atoms with van der Waals surface area (Å²) in [5.74, 6) is 2.14. The van der Waals surface area contributed by atoms with Crippen LogP contribution in [0.15, 0.2) is 23.2 Å². The second-order valence-corrected chi connectivity index (χ2v) is 5.89. The molecule has 0 spiro atoms. The van der Waals surface area contributed by atoms with Crippen LogP contribution in [-0.4, -0.2) is 57.8 Å². The summed E-state index contributed by atoms with van der Waals surface area (Å²) in [5, 5.41) is 6.65. The highest BCUT2D eigenvalue weighted by Gasteiger charge is 2.28. The molecule has 136 valence electrons. The minimum atomic E-state index is 0. The molecular formula is C17H29IN4O2. The van der Waals surface area contributed by atoms with Gasteiger partial charge in [0.1, 0.15) is 0 Å². The van der Waals surface area contributed by atoms with Gasteiger partial charge in [0, 0.05) is 37.4 Å². The predicted octanol–water partition coefficient (Wildman–Crippen LogP) is 2.79. The number of aliphatic imine (C=N–C) groups is 1. The van der Waals surface area contributed by atoms with Crippen molar-refractivity contribution in [1.29, 1.82) is 0 Å². The van der Waals surface area contributed by atoms with Crippen molar-refractivity contribution in [3.8, 4) is 11.5 Å².